The molecule has 4 heterocycles. The molecule has 4 amide bonds. The number of nitrogens with one attached hydrogen (secondary N) is 3. The van der Waals surface area contributed by atoms with Crippen LogP contribution >= 0.6 is 27.3 Å². The number of β-amino-alcohol motifs (C(OH)–C–C–N with tert-alkyl or cyclic N) is 1. The van der Waals surface area contributed by atoms with Crippen molar-refractivity contribution in [1.29, 1.82) is 0 Å². The number of benzene rings is 3. The van der Waals surface area contributed by atoms with Crippen molar-refractivity contribution in [3.05, 3.63) is 105 Å². The zero-order chi connectivity index (χ0) is 54.3. The summed E-state index contributed by atoms with van der Waals surface area (Å²) >= 11 is 5.05. The number of aryl methyl sites for hydroxylation is 1. The smallest absolute Gasteiger partial charge is 0.255 e. The third-order valence-electron chi connectivity index (χ3n) is 13.8. The lowest BCUT2D eigenvalue weighted by molar-refractivity contribution is -0.143. The number of rotatable bonds is 29. The normalized spacial score (nSPS) is 16.5. The van der Waals surface area contributed by atoms with E-state index in [1.807, 2.05) is 93.4 Å². The van der Waals surface area contributed by atoms with Crippen molar-refractivity contribution in [1.82, 2.24) is 35.0 Å². The van der Waals surface area contributed by atoms with Gasteiger partial charge in [0.25, 0.3) is 5.91 Å². The highest BCUT2D eigenvalue weighted by atomic mass is 79.9. The van der Waals surface area contributed by atoms with Crippen molar-refractivity contribution < 1.29 is 48.0 Å². The van der Waals surface area contributed by atoms with Crippen LogP contribution in [0.15, 0.2) is 82.9 Å². The molecule has 1 saturated carbocycles. The molecule has 0 bridgehead atoms. The Labute approximate surface area is 462 Å². The van der Waals surface area contributed by atoms with E-state index in [1.54, 1.807) is 22.7 Å². The number of fused-ring (bicyclic) bond motifs is 1. The van der Waals surface area contributed by atoms with E-state index in [9.17, 15) is 24.3 Å². The van der Waals surface area contributed by atoms with Crippen LogP contribution in [0.5, 0.6) is 11.5 Å². The predicted octanol–water partition coefficient (Wildman–Crippen LogP) is 7.24. The quantitative estimate of drug-likeness (QED) is 0.0347. The molecule has 1 saturated heterocycles. The molecule has 4 N–H and O–H groups in total. The molecule has 1 unspecified atom stereocenters. The van der Waals surface area contributed by atoms with Crippen molar-refractivity contribution in [2.75, 3.05) is 90.2 Å². The predicted molar refractivity (Wildman–Crippen MR) is 296 cm³/mol. The summed E-state index contributed by atoms with van der Waals surface area (Å²) in [6.45, 7) is 10.3. The van der Waals surface area contributed by atoms with Gasteiger partial charge in [-0.05, 0) is 95.6 Å². The van der Waals surface area contributed by atoms with E-state index in [0.717, 1.165) is 63.1 Å². The van der Waals surface area contributed by atoms with Crippen LogP contribution in [0.25, 0.3) is 10.4 Å². The van der Waals surface area contributed by atoms with Gasteiger partial charge in [-0.3, -0.25) is 19.2 Å². The van der Waals surface area contributed by atoms with E-state index >= 15 is 0 Å². The first-order valence-corrected chi connectivity index (χ1v) is 28.1. The van der Waals surface area contributed by atoms with Crippen LogP contribution in [-0.4, -0.2) is 156 Å². The summed E-state index contributed by atoms with van der Waals surface area (Å²) in [5.41, 5.74) is 6.58. The lowest BCUT2D eigenvalue weighted by Gasteiger charge is -2.35. The Balaban J connectivity index is 0.708. The molecule has 19 nitrogen and oxygen atoms in total. The topological polar surface area (TPSA) is 219 Å². The highest BCUT2D eigenvalue weighted by molar-refractivity contribution is 9.10. The third kappa shape index (κ3) is 15.3. The van der Waals surface area contributed by atoms with Gasteiger partial charge in [-0.2, -0.15) is 4.98 Å². The molecule has 0 spiro atoms. The van der Waals surface area contributed by atoms with Gasteiger partial charge in [0.1, 0.15) is 42.6 Å². The Morgan fingerprint density at radius 1 is 0.922 bits per heavy atom. The molecule has 1 aliphatic carbocycles. The van der Waals surface area contributed by atoms with Gasteiger partial charge in [0.05, 0.1) is 66.3 Å². The number of aliphatic hydroxyl groups excluding tert-OH is 1. The maximum atomic E-state index is 14.3. The number of amides is 4. The molecular weight excluding hydrogens is 1070 g/mol. The van der Waals surface area contributed by atoms with Crippen LogP contribution in [-0.2, 0) is 41.7 Å². The Morgan fingerprint density at radius 2 is 1.64 bits per heavy atom. The number of halogens is 1. The number of anilines is 3. The molecule has 21 heteroatoms. The Hall–Kier alpha value is -6.23. The number of carbonyl (C=O) groups excluding carboxylic acids is 4. The number of thiazole rings is 1. The highest BCUT2D eigenvalue weighted by Gasteiger charge is 2.46. The van der Waals surface area contributed by atoms with Crippen LogP contribution < -0.4 is 25.4 Å². The molecule has 3 atom stereocenters. The van der Waals surface area contributed by atoms with Crippen molar-refractivity contribution in [3.63, 3.8) is 0 Å². The number of nitrogens with zero attached hydrogens (tertiary/aromatic N) is 6. The number of hydrogen-bond donors (Lipinski definition) is 4. The highest BCUT2D eigenvalue weighted by Crippen LogP contribution is 2.34. The van der Waals surface area contributed by atoms with Crippen molar-refractivity contribution in [2.45, 2.75) is 84.2 Å². The monoisotopic (exact) mass is 1140 g/mol. The van der Waals surface area contributed by atoms with E-state index in [2.05, 4.69) is 46.8 Å². The van der Waals surface area contributed by atoms with E-state index < -0.39 is 24.1 Å². The summed E-state index contributed by atoms with van der Waals surface area (Å²) in [5.74, 6) is 1.63. The third-order valence-corrected chi connectivity index (χ3v) is 15.4. The molecule has 2 fully saturated rings. The van der Waals surface area contributed by atoms with E-state index in [4.69, 9.17) is 23.7 Å². The SMILES string of the molecule is Cc1ncsc1-c1ccc(CNC(=O)[C@@H]2C[C@@H](O)CN2C(=O)C(C(C)C)N2Cc3ccccc3C2=O)c(OCCOCCOCCOCCOc2ccc(Nc3ncc(Br)c(NCCCN(C)C(=O)C4CCC4)n3)cc2)c1. The molecule has 2 aromatic heterocycles. The average Bonchev–Trinajstić information content (AvgIpc) is 4.14. The summed E-state index contributed by atoms with van der Waals surface area (Å²) in [7, 11) is 1.88. The molecule has 0 radical (unpaired) electrons. The number of aliphatic hydroxyl groups is 1. The summed E-state index contributed by atoms with van der Waals surface area (Å²) in [6, 6.07) is 18.9. The van der Waals surface area contributed by atoms with Crippen LogP contribution in [0.4, 0.5) is 17.5 Å². The van der Waals surface area contributed by atoms with Crippen LogP contribution in [0.2, 0.25) is 0 Å². The number of ether oxygens (including phenoxy) is 5. The maximum absolute atomic E-state index is 14.3. The zero-order valence-electron chi connectivity index (χ0n) is 44.2. The summed E-state index contributed by atoms with van der Waals surface area (Å²) in [6.07, 6.45) is 4.86. The molecule has 412 valence electrons. The van der Waals surface area contributed by atoms with Gasteiger partial charge in [0.2, 0.25) is 23.7 Å². The number of aromatic nitrogens is 3. The Bertz CT molecular complexity index is 2780. The van der Waals surface area contributed by atoms with Gasteiger partial charge in [-0.1, -0.05) is 50.6 Å². The fourth-order valence-electron chi connectivity index (χ4n) is 9.50. The Morgan fingerprint density at radius 3 is 2.31 bits per heavy atom. The zero-order valence-corrected chi connectivity index (χ0v) is 46.6. The lowest BCUT2D eigenvalue weighted by atomic mass is 9.84. The molecular formula is C56H70BrN9O10S. The van der Waals surface area contributed by atoms with Crippen molar-refractivity contribution in [3.8, 4) is 21.9 Å². The van der Waals surface area contributed by atoms with Gasteiger partial charge in [-0.25, -0.2) is 9.97 Å². The van der Waals surface area contributed by atoms with Crippen LogP contribution in [0, 0.1) is 18.8 Å². The van der Waals surface area contributed by atoms with Gasteiger partial charge in [0, 0.05) is 75.1 Å². The summed E-state index contributed by atoms with van der Waals surface area (Å²) in [4.78, 5) is 73.3. The minimum atomic E-state index is -0.914. The molecule has 5 aromatic rings. The molecule has 3 aliphatic rings. The minimum Gasteiger partial charge on any atom is -0.491 e. The van der Waals surface area contributed by atoms with Crippen molar-refractivity contribution in [2.24, 2.45) is 11.8 Å². The van der Waals surface area contributed by atoms with Gasteiger partial charge in [0.15, 0.2) is 0 Å². The minimum absolute atomic E-state index is 0.00375. The number of hydrogen-bond acceptors (Lipinski definition) is 16. The molecule has 8 rings (SSSR count). The first-order valence-electron chi connectivity index (χ1n) is 26.4. The largest absolute Gasteiger partial charge is 0.491 e. The number of likely N-dealkylation sites (tertiary alicyclic amines) is 1. The molecule has 2 aliphatic heterocycles. The fraction of sp³-hybridized carbons (Fsp3) is 0.482. The first kappa shape index (κ1) is 57.0. The van der Waals surface area contributed by atoms with Gasteiger partial charge in [-0.15, -0.1) is 11.3 Å². The van der Waals surface area contributed by atoms with E-state index in [1.165, 1.54) is 16.2 Å². The molecule has 77 heavy (non-hydrogen) atoms. The Kier molecular flexibility index (Phi) is 20.6. The van der Waals surface area contributed by atoms with E-state index in [0.29, 0.717) is 94.7 Å². The maximum Gasteiger partial charge on any atom is 0.255 e. The van der Waals surface area contributed by atoms with Crippen LogP contribution in [0.3, 0.4) is 0 Å². The lowest BCUT2D eigenvalue weighted by Crippen LogP contribution is -2.55. The van der Waals surface area contributed by atoms with Gasteiger partial charge < -0.3 is 59.4 Å². The molecule has 3 aromatic carbocycles. The second-order valence-electron chi connectivity index (χ2n) is 19.7. The summed E-state index contributed by atoms with van der Waals surface area (Å²) < 4.78 is 30.1. The standard InChI is InChI=1S/C56H70BrN9O10S/c1-36(2)49(66-33-41-9-5-6-12-45(41)54(66)70)55(71)65-34-43(67)30-47(65)52(68)59-31-40-14-13-39(50-37(3)61-35-77-50)29-48(40)76-28-26-74-24-22-72-21-23-73-25-27-75-44-17-15-42(16-18-44)62-56-60-32-46(57)51(63-56)58-19-8-20-64(4)53(69)38-10-7-11-38/h5-6,9,12-18,29,32,35-36,38,43,47,49,67H,7-8,10-11,19-28,30-31,33-34H2,1-4H3,(H,59,68)(H2,58,60,62,63)/t43-,47+,49?/m1/s1. The first-order chi connectivity index (χ1) is 37.3. The fourth-order valence-corrected chi connectivity index (χ4v) is 10.6. The van der Waals surface area contributed by atoms with E-state index in [-0.39, 0.29) is 55.7 Å². The van der Waals surface area contributed by atoms with Crippen molar-refractivity contribution >= 4 is 68.3 Å². The second-order valence-corrected chi connectivity index (χ2v) is 21.4. The van der Waals surface area contributed by atoms with Gasteiger partial charge >= 0.3 is 0 Å². The average molecular weight is 1140 g/mol. The second kappa shape index (κ2) is 27.9. The summed E-state index contributed by atoms with van der Waals surface area (Å²) in [5, 5.41) is 20.3. The number of carbonyl (C=O) groups is 4. The van der Waals surface area contributed by atoms with Crippen LogP contribution in [0.1, 0.15) is 73.1 Å².